The van der Waals surface area contributed by atoms with Gasteiger partial charge in [0.15, 0.2) is 0 Å². The van der Waals surface area contributed by atoms with Crippen molar-refractivity contribution in [2.24, 2.45) is 0 Å². The molecule has 0 unspecified atom stereocenters. The molecule has 0 aromatic carbocycles. The van der Waals surface area contributed by atoms with Crippen LogP contribution in [0.15, 0.2) is 0 Å². The highest BCUT2D eigenvalue weighted by molar-refractivity contribution is 5.43. The lowest BCUT2D eigenvalue weighted by Gasteiger charge is -2.27. The molecule has 0 aliphatic carbocycles. The molecule has 18 heavy (non-hydrogen) atoms. The molecule has 0 amide bonds. The average Bonchev–Trinajstić information content (AvgIpc) is 2.28. The van der Waals surface area contributed by atoms with Gasteiger partial charge in [0.2, 0.25) is 17.8 Å². The standard InChI is InChI=1S/C11H22N6O/c1-8(2)17(6-5-7-18)11-14-9(12)13-10(15-11)16(3)4/h8,18H,5-7H2,1-4H3,(H2,12,13,14,15). The van der Waals surface area contributed by atoms with E-state index in [1.165, 1.54) is 0 Å². The van der Waals surface area contributed by atoms with E-state index in [1.54, 1.807) is 4.90 Å². The topological polar surface area (TPSA) is 91.4 Å². The monoisotopic (exact) mass is 254 g/mol. The van der Waals surface area contributed by atoms with Crippen LogP contribution in [0.25, 0.3) is 0 Å². The predicted octanol–water partition coefficient (Wildman–Crippen LogP) is 0.117. The molecule has 0 saturated carbocycles. The van der Waals surface area contributed by atoms with Gasteiger partial charge in [0, 0.05) is 33.3 Å². The molecule has 7 nitrogen and oxygen atoms in total. The third-order valence-corrected chi connectivity index (χ3v) is 2.47. The van der Waals surface area contributed by atoms with Gasteiger partial charge in [0.05, 0.1) is 0 Å². The predicted molar refractivity (Wildman–Crippen MR) is 72.8 cm³/mol. The van der Waals surface area contributed by atoms with E-state index in [0.29, 0.717) is 24.9 Å². The van der Waals surface area contributed by atoms with Crippen LogP contribution in [-0.2, 0) is 0 Å². The first-order valence-corrected chi connectivity index (χ1v) is 6.02. The van der Waals surface area contributed by atoms with Crippen LogP contribution in [-0.4, -0.2) is 53.3 Å². The van der Waals surface area contributed by atoms with E-state index >= 15 is 0 Å². The van der Waals surface area contributed by atoms with E-state index in [0.717, 1.165) is 0 Å². The Balaban J connectivity index is 3.03. The van der Waals surface area contributed by atoms with E-state index in [9.17, 15) is 0 Å². The molecule has 0 atom stereocenters. The van der Waals surface area contributed by atoms with Crippen LogP contribution in [0, 0.1) is 0 Å². The molecule has 0 aliphatic heterocycles. The Morgan fingerprint density at radius 2 is 1.78 bits per heavy atom. The van der Waals surface area contributed by atoms with Crippen molar-refractivity contribution in [1.82, 2.24) is 15.0 Å². The van der Waals surface area contributed by atoms with Gasteiger partial charge in [-0.15, -0.1) is 0 Å². The fraction of sp³-hybridized carbons (Fsp3) is 0.727. The van der Waals surface area contributed by atoms with Crippen LogP contribution < -0.4 is 15.5 Å². The van der Waals surface area contributed by atoms with Gasteiger partial charge in [-0.1, -0.05) is 0 Å². The quantitative estimate of drug-likeness (QED) is 0.744. The molecule has 0 aliphatic rings. The lowest BCUT2D eigenvalue weighted by Crippen LogP contribution is -2.34. The molecule has 3 N–H and O–H groups in total. The van der Waals surface area contributed by atoms with Gasteiger partial charge in [-0.25, -0.2) is 0 Å². The van der Waals surface area contributed by atoms with Gasteiger partial charge in [-0.2, -0.15) is 15.0 Å². The molecule has 7 heteroatoms. The van der Waals surface area contributed by atoms with Gasteiger partial charge in [-0.05, 0) is 20.3 Å². The molecule has 0 saturated heterocycles. The lowest BCUT2D eigenvalue weighted by molar-refractivity contribution is 0.288. The highest BCUT2D eigenvalue weighted by atomic mass is 16.3. The van der Waals surface area contributed by atoms with Crippen molar-refractivity contribution in [1.29, 1.82) is 0 Å². The van der Waals surface area contributed by atoms with E-state index in [-0.39, 0.29) is 18.6 Å². The summed E-state index contributed by atoms with van der Waals surface area (Å²) in [6.07, 6.45) is 0.668. The first-order valence-electron chi connectivity index (χ1n) is 6.02. The lowest BCUT2D eigenvalue weighted by atomic mass is 10.3. The summed E-state index contributed by atoms with van der Waals surface area (Å²) in [5.41, 5.74) is 5.70. The minimum atomic E-state index is 0.143. The number of anilines is 3. The van der Waals surface area contributed by atoms with Crippen LogP contribution in [0.3, 0.4) is 0 Å². The molecule has 0 fully saturated rings. The smallest absolute Gasteiger partial charge is 0.232 e. The largest absolute Gasteiger partial charge is 0.396 e. The van der Waals surface area contributed by atoms with E-state index in [1.807, 2.05) is 32.8 Å². The number of hydrogen-bond donors (Lipinski definition) is 2. The molecule has 1 aromatic rings. The number of hydrogen-bond acceptors (Lipinski definition) is 7. The van der Waals surface area contributed by atoms with Crippen LogP contribution in [0.2, 0.25) is 0 Å². The molecule has 0 spiro atoms. The number of nitrogens with zero attached hydrogens (tertiary/aromatic N) is 5. The summed E-state index contributed by atoms with van der Waals surface area (Å²) < 4.78 is 0. The first kappa shape index (κ1) is 14.4. The van der Waals surface area contributed by atoms with Crippen LogP contribution in [0.1, 0.15) is 20.3 Å². The molecule has 1 rings (SSSR count). The Kier molecular flexibility index (Phi) is 5.08. The second-order valence-corrected chi connectivity index (χ2v) is 4.55. The van der Waals surface area contributed by atoms with Gasteiger partial charge in [0.1, 0.15) is 0 Å². The molecule has 102 valence electrons. The van der Waals surface area contributed by atoms with E-state index in [4.69, 9.17) is 10.8 Å². The van der Waals surface area contributed by atoms with Gasteiger partial charge in [-0.3, -0.25) is 0 Å². The van der Waals surface area contributed by atoms with Crippen molar-refractivity contribution in [2.75, 3.05) is 42.8 Å². The van der Waals surface area contributed by atoms with Crippen molar-refractivity contribution in [3.05, 3.63) is 0 Å². The Bertz CT molecular complexity index is 382. The summed E-state index contributed by atoms with van der Waals surface area (Å²) >= 11 is 0. The minimum absolute atomic E-state index is 0.143. The Hall–Kier alpha value is -1.63. The zero-order valence-electron chi connectivity index (χ0n) is 11.5. The molecule has 1 heterocycles. The van der Waals surface area contributed by atoms with Gasteiger partial charge < -0.3 is 20.6 Å². The fourth-order valence-corrected chi connectivity index (χ4v) is 1.53. The van der Waals surface area contributed by atoms with Gasteiger partial charge in [0.25, 0.3) is 0 Å². The van der Waals surface area contributed by atoms with Crippen LogP contribution in [0.5, 0.6) is 0 Å². The second-order valence-electron chi connectivity index (χ2n) is 4.55. The van der Waals surface area contributed by atoms with E-state index < -0.39 is 0 Å². The number of aromatic nitrogens is 3. The highest BCUT2D eigenvalue weighted by Gasteiger charge is 2.16. The Labute approximate surface area is 108 Å². The van der Waals surface area contributed by atoms with E-state index in [2.05, 4.69) is 15.0 Å². The summed E-state index contributed by atoms with van der Waals surface area (Å²) in [4.78, 5) is 16.4. The average molecular weight is 254 g/mol. The van der Waals surface area contributed by atoms with Crippen molar-refractivity contribution < 1.29 is 5.11 Å². The minimum Gasteiger partial charge on any atom is -0.396 e. The van der Waals surface area contributed by atoms with Crippen molar-refractivity contribution in [3.63, 3.8) is 0 Å². The van der Waals surface area contributed by atoms with Crippen LogP contribution >= 0.6 is 0 Å². The Morgan fingerprint density at radius 1 is 1.17 bits per heavy atom. The maximum atomic E-state index is 8.93. The Morgan fingerprint density at radius 3 is 2.28 bits per heavy atom. The second kappa shape index (κ2) is 6.34. The number of aliphatic hydroxyl groups is 1. The maximum absolute atomic E-state index is 8.93. The molecular weight excluding hydrogens is 232 g/mol. The SMILES string of the molecule is CC(C)N(CCCO)c1nc(N)nc(N(C)C)n1. The number of rotatable bonds is 6. The third-order valence-electron chi connectivity index (χ3n) is 2.47. The summed E-state index contributed by atoms with van der Waals surface area (Å²) in [5.74, 6) is 1.29. The van der Waals surface area contributed by atoms with Gasteiger partial charge >= 0.3 is 0 Å². The highest BCUT2D eigenvalue weighted by Crippen LogP contribution is 2.16. The number of nitrogen functional groups attached to an aromatic ring is 1. The maximum Gasteiger partial charge on any atom is 0.232 e. The normalized spacial score (nSPS) is 10.8. The van der Waals surface area contributed by atoms with Crippen LogP contribution in [0.4, 0.5) is 17.8 Å². The summed E-state index contributed by atoms with van der Waals surface area (Å²) in [5, 5.41) is 8.93. The summed E-state index contributed by atoms with van der Waals surface area (Å²) in [7, 11) is 3.71. The molecular formula is C11H22N6O. The van der Waals surface area contributed by atoms with Crippen molar-refractivity contribution in [2.45, 2.75) is 26.3 Å². The summed E-state index contributed by atoms with van der Waals surface area (Å²) in [6.45, 7) is 4.92. The number of nitrogens with two attached hydrogens (primary N) is 1. The zero-order valence-corrected chi connectivity index (χ0v) is 11.5. The first-order chi connectivity index (χ1) is 8.45. The molecule has 0 bridgehead atoms. The molecule has 0 radical (unpaired) electrons. The summed E-state index contributed by atoms with van der Waals surface area (Å²) in [6, 6.07) is 0.230. The number of aliphatic hydroxyl groups excluding tert-OH is 1. The molecule has 1 aromatic heterocycles. The third kappa shape index (κ3) is 3.69. The van der Waals surface area contributed by atoms with Crippen molar-refractivity contribution >= 4 is 17.8 Å². The fourth-order valence-electron chi connectivity index (χ4n) is 1.53. The van der Waals surface area contributed by atoms with Crippen molar-refractivity contribution in [3.8, 4) is 0 Å². The zero-order chi connectivity index (χ0) is 13.7.